The first-order valence-corrected chi connectivity index (χ1v) is 8.26. The van der Waals surface area contributed by atoms with Crippen LogP contribution in [-0.2, 0) is 29.0 Å². The number of carboxylic acids is 1. The summed E-state index contributed by atoms with van der Waals surface area (Å²) in [5.41, 5.74) is 1.76. The van der Waals surface area contributed by atoms with Crippen LogP contribution in [-0.4, -0.2) is 38.0 Å². The van der Waals surface area contributed by atoms with Crippen molar-refractivity contribution >= 4 is 11.9 Å². The number of rotatable bonds is 2. The van der Waals surface area contributed by atoms with E-state index in [0.29, 0.717) is 19.5 Å². The van der Waals surface area contributed by atoms with E-state index in [-0.39, 0.29) is 11.8 Å². The predicted octanol–water partition coefficient (Wildman–Crippen LogP) is 1.66. The lowest BCUT2D eigenvalue weighted by atomic mass is 9.90. The fraction of sp³-hybridized carbons (Fsp3) is 0.389. The van der Waals surface area contributed by atoms with Gasteiger partial charge in [-0.2, -0.15) is 0 Å². The Balaban J connectivity index is 1.61. The van der Waals surface area contributed by atoms with Gasteiger partial charge in [0.25, 0.3) is 0 Å². The molecule has 0 saturated carbocycles. The topological polar surface area (TPSA) is 75.4 Å². The Morgan fingerprint density at radius 1 is 1.21 bits per heavy atom. The molecule has 0 radical (unpaired) electrons. The highest BCUT2D eigenvalue weighted by atomic mass is 16.4. The summed E-state index contributed by atoms with van der Waals surface area (Å²) >= 11 is 0. The Kier molecular flexibility index (Phi) is 3.59. The van der Waals surface area contributed by atoms with Gasteiger partial charge in [0.15, 0.2) is 6.04 Å². The van der Waals surface area contributed by atoms with E-state index < -0.39 is 12.0 Å². The van der Waals surface area contributed by atoms with Gasteiger partial charge in [-0.15, -0.1) is 0 Å². The maximum absolute atomic E-state index is 13.0. The molecule has 0 fully saturated rings. The average molecular weight is 325 g/mol. The van der Waals surface area contributed by atoms with E-state index in [4.69, 9.17) is 0 Å². The molecular formula is C18H19N3O3. The van der Waals surface area contributed by atoms with Crippen molar-refractivity contribution in [2.45, 2.75) is 31.8 Å². The average Bonchev–Trinajstić information content (AvgIpc) is 3.07. The number of carbonyl (C=O) groups excluding carboxylic acids is 1. The van der Waals surface area contributed by atoms with Gasteiger partial charge < -0.3 is 14.6 Å². The predicted molar refractivity (Wildman–Crippen MR) is 86.3 cm³/mol. The lowest BCUT2D eigenvalue weighted by molar-refractivity contribution is -0.153. The van der Waals surface area contributed by atoms with Crippen LogP contribution in [0.2, 0.25) is 0 Å². The van der Waals surface area contributed by atoms with Crippen molar-refractivity contribution in [1.82, 2.24) is 14.5 Å². The summed E-state index contributed by atoms with van der Waals surface area (Å²) in [6, 6.07) is 6.64. The van der Waals surface area contributed by atoms with E-state index >= 15 is 0 Å². The fourth-order valence-electron chi connectivity index (χ4n) is 3.87. The van der Waals surface area contributed by atoms with Crippen molar-refractivity contribution < 1.29 is 14.7 Å². The molecule has 0 saturated heterocycles. The molecule has 1 aromatic heterocycles. The normalized spacial score (nSPS) is 22.6. The van der Waals surface area contributed by atoms with Crippen LogP contribution < -0.4 is 0 Å². The number of nitrogens with zero attached hydrogens (tertiary/aromatic N) is 3. The Bertz CT molecular complexity index is 798. The fourth-order valence-corrected chi connectivity index (χ4v) is 3.87. The number of hydrogen-bond donors (Lipinski definition) is 1. The second kappa shape index (κ2) is 5.78. The van der Waals surface area contributed by atoms with Crippen LogP contribution in [0.4, 0.5) is 0 Å². The number of hydrogen-bond acceptors (Lipinski definition) is 3. The highest BCUT2D eigenvalue weighted by Crippen LogP contribution is 2.32. The van der Waals surface area contributed by atoms with Gasteiger partial charge >= 0.3 is 5.97 Å². The molecule has 4 rings (SSSR count). The van der Waals surface area contributed by atoms with Crippen molar-refractivity contribution in [3.63, 3.8) is 0 Å². The van der Waals surface area contributed by atoms with Gasteiger partial charge in [0, 0.05) is 31.9 Å². The summed E-state index contributed by atoms with van der Waals surface area (Å²) in [5.74, 6) is -0.206. The number of carboxylic acid groups (broad SMARTS) is 1. The zero-order chi connectivity index (χ0) is 16.7. The quantitative estimate of drug-likeness (QED) is 0.911. The lowest BCUT2D eigenvalue weighted by Crippen LogP contribution is -2.47. The van der Waals surface area contributed by atoms with Gasteiger partial charge in [-0.1, -0.05) is 24.3 Å². The maximum atomic E-state index is 13.0. The van der Waals surface area contributed by atoms with Gasteiger partial charge in [0.2, 0.25) is 5.91 Å². The minimum absolute atomic E-state index is 0.0590. The van der Waals surface area contributed by atoms with Crippen LogP contribution >= 0.6 is 0 Å². The first-order chi connectivity index (χ1) is 11.6. The van der Waals surface area contributed by atoms with E-state index in [1.165, 1.54) is 0 Å². The summed E-state index contributed by atoms with van der Waals surface area (Å²) in [6.45, 7) is 1.04. The monoisotopic (exact) mass is 325 g/mol. The van der Waals surface area contributed by atoms with Gasteiger partial charge in [-0.25, -0.2) is 9.78 Å². The Labute approximate surface area is 139 Å². The molecule has 1 amide bonds. The highest BCUT2D eigenvalue weighted by Gasteiger charge is 2.39. The first-order valence-electron chi connectivity index (χ1n) is 8.26. The smallest absolute Gasteiger partial charge is 0.331 e. The SMILES string of the molecule is O=C(O)C1c2ccccc2CCN1C(=O)C1CCc2nccn2C1. The second-order valence-electron chi connectivity index (χ2n) is 6.45. The summed E-state index contributed by atoms with van der Waals surface area (Å²) < 4.78 is 2.00. The molecule has 2 aliphatic heterocycles. The molecule has 6 nitrogen and oxygen atoms in total. The summed E-state index contributed by atoms with van der Waals surface area (Å²) in [6.07, 6.45) is 5.81. The van der Waals surface area contributed by atoms with Crippen molar-refractivity contribution in [2.24, 2.45) is 5.92 Å². The van der Waals surface area contributed by atoms with Crippen LogP contribution in [0.1, 0.15) is 29.4 Å². The number of imidazole rings is 1. The third kappa shape index (κ3) is 2.38. The minimum Gasteiger partial charge on any atom is -0.479 e. The van der Waals surface area contributed by atoms with Crippen molar-refractivity contribution in [3.05, 3.63) is 53.6 Å². The third-order valence-corrected chi connectivity index (χ3v) is 5.08. The molecule has 2 unspecified atom stereocenters. The van der Waals surface area contributed by atoms with E-state index in [2.05, 4.69) is 4.98 Å². The van der Waals surface area contributed by atoms with Gasteiger partial charge in [0.05, 0.1) is 5.92 Å². The molecule has 24 heavy (non-hydrogen) atoms. The molecule has 0 bridgehead atoms. The van der Waals surface area contributed by atoms with Crippen LogP contribution in [0.15, 0.2) is 36.7 Å². The minimum atomic E-state index is -0.963. The van der Waals surface area contributed by atoms with Crippen molar-refractivity contribution in [2.75, 3.05) is 6.54 Å². The number of amides is 1. The zero-order valence-corrected chi connectivity index (χ0v) is 13.3. The summed E-state index contributed by atoms with van der Waals surface area (Å²) in [7, 11) is 0. The lowest BCUT2D eigenvalue weighted by Gasteiger charge is -2.37. The summed E-state index contributed by atoms with van der Waals surface area (Å²) in [4.78, 5) is 30.7. The number of fused-ring (bicyclic) bond motifs is 2. The van der Waals surface area contributed by atoms with Crippen molar-refractivity contribution in [1.29, 1.82) is 0 Å². The number of benzene rings is 1. The largest absolute Gasteiger partial charge is 0.479 e. The van der Waals surface area contributed by atoms with Crippen molar-refractivity contribution in [3.8, 4) is 0 Å². The Morgan fingerprint density at radius 2 is 2.04 bits per heavy atom. The standard InChI is InChI=1S/C18H19N3O3/c22-17(13-5-6-15-19-8-10-20(15)11-13)21-9-7-12-3-1-2-4-14(12)16(21)18(23)24/h1-4,8,10,13,16H,5-7,9,11H2,(H,23,24). The molecule has 2 aromatic rings. The van der Waals surface area contributed by atoms with E-state index in [9.17, 15) is 14.7 Å². The molecule has 1 N–H and O–H groups in total. The van der Waals surface area contributed by atoms with E-state index in [0.717, 1.165) is 29.8 Å². The number of aryl methyl sites for hydroxylation is 1. The molecule has 2 aliphatic rings. The van der Waals surface area contributed by atoms with Gasteiger partial charge in [-0.3, -0.25) is 4.79 Å². The van der Waals surface area contributed by atoms with E-state index in [1.54, 1.807) is 11.1 Å². The molecule has 2 atom stereocenters. The molecule has 0 aliphatic carbocycles. The van der Waals surface area contributed by atoms with Crippen LogP contribution in [0.25, 0.3) is 0 Å². The summed E-state index contributed by atoms with van der Waals surface area (Å²) in [5, 5.41) is 9.72. The third-order valence-electron chi connectivity index (χ3n) is 5.08. The number of aromatic nitrogens is 2. The number of aliphatic carboxylic acids is 1. The van der Waals surface area contributed by atoms with Crippen LogP contribution in [0.5, 0.6) is 0 Å². The van der Waals surface area contributed by atoms with Crippen LogP contribution in [0, 0.1) is 5.92 Å². The van der Waals surface area contributed by atoms with Gasteiger partial charge in [-0.05, 0) is 24.0 Å². The number of carbonyl (C=O) groups is 2. The molecule has 124 valence electrons. The van der Waals surface area contributed by atoms with E-state index in [1.807, 2.05) is 35.0 Å². The molecule has 6 heteroatoms. The van der Waals surface area contributed by atoms with Crippen LogP contribution in [0.3, 0.4) is 0 Å². The second-order valence-corrected chi connectivity index (χ2v) is 6.45. The Hall–Kier alpha value is -2.63. The molecule has 0 spiro atoms. The maximum Gasteiger partial charge on any atom is 0.331 e. The highest BCUT2D eigenvalue weighted by molar-refractivity contribution is 5.87. The van der Waals surface area contributed by atoms with Gasteiger partial charge in [0.1, 0.15) is 5.82 Å². The molecule has 1 aromatic carbocycles. The Morgan fingerprint density at radius 3 is 2.88 bits per heavy atom. The first kappa shape index (κ1) is 14.9. The zero-order valence-electron chi connectivity index (χ0n) is 13.3. The molecular weight excluding hydrogens is 306 g/mol. The molecule has 3 heterocycles.